The van der Waals surface area contributed by atoms with Gasteiger partial charge in [0, 0.05) is 17.4 Å². The Morgan fingerprint density at radius 2 is 1.58 bits per heavy atom. The Bertz CT molecular complexity index is 1270. The smallest absolute Gasteiger partial charge is 0.274 e. The van der Waals surface area contributed by atoms with Gasteiger partial charge in [0.15, 0.2) is 5.82 Å². The van der Waals surface area contributed by atoms with Gasteiger partial charge in [0.25, 0.3) is 5.91 Å². The molecule has 2 aromatic carbocycles. The van der Waals surface area contributed by atoms with Crippen LogP contribution in [0.4, 0.5) is 5.69 Å². The van der Waals surface area contributed by atoms with Gasteiger partial charge in [0.05, 0.1) is 5.69 Å². The van der Waals surface area contributed by atoms with Gasteiger partial charge in [-0.3, -0.25) is 4.79 Å². The molecule has 1 N–H and O–H groups in total. The molecule has 5 heteroatoms. The molecule has 1 amide bonds. The number of rotatable bonds is 4. The first-order valence-corrected chi connectivity index (χ1v) is 10.3. The number of carbonyl (C=O) groups excluding carboxylic acids is 1. The summed E-state index contributed by atoms with van der Waals surface area (Å²) in [5.41, 5.74) is 8.74. The van der Waals surface area contributed by atoms with E-state index in [9.17, 15) is 4.79 Å². The molecule has 0 saturated carbocycles. The average Bonchev–Trinajstić information content (AvgIpc) is 3.14. The highest BCUT2D eigenvalue weighted by molar-refractivity contribution is 6.04. The standard InChI is InChI=1S/C26H26N4O/c1-16-8-6-7-9-22(16)21-10-11-25(27-15-21)30-24(14-20(5)29-30)26(31)28-23-13-18(3)17(2)12-19(23)4/h6-15H,1-5H3,(H,28,31). The molecule has 0 fully saturated rings. The molecule has 0 saturated heterocycles. The number of carbonyl (C=O) groups is 1. The van der Waals surface area contributed by atoms with Crippen LogP contribution in [0.1, 0.15) is 38.4 Å². The molecule has 0 aliphatic heterocycles. The molecular formula is C26H26N4O. The van der Waals surface area contributed by atoms with Gasteiger partial charge in [-0.25, -0.2) is 9.67 Å². The van der Waals surface area contributed by atoms with Crippen LogP contribution in [0, 0.1) is 34.6 Å². The second kappa shape index (κ2) is 8.19. The largest absolute Gasteiger partial charge is 0.320 e. The monoisotopic (exact) mass is 410 g/mol. The molecule has 31 heavy (non-hydrogen) atoms. The molecule has 0 bridgehead atoms. The van der Waals surface area contributed by atoms with Gasteiger partial charge in [0.1, 0.15) is 5.69 Å². The lowest BCUT2D eigenvalue weighted by Gasteiger charge is -2.12. The van der Waals surface area contributed by atoms with Crippen molar-refractivity contribution >= 4 is 11.6 Å². The van der Waals surface area contributed by atoms with Gasteiger partial charge in [0.2, 0.25) is 0 Å². The van der Waals surface area contributed by atoms with E-state index in [2.05, 4.69) is 47.4 Å². The quantitative estimate of drug-likeness (QED) is 0.467. The Hall–Kier alpha value is -3.73. The fraction of sp³-hybridized carbons (Fsp3) is 0.192. The third-order valence-corrected chi connectivity index (χ3v) is 5.57. The summed E-state index contributed by atoms with van der Waals surface area (Å²) in [6.45, 7) is 10.1. The zero-order chi connectivity index (χ0) is 22.1. The van der Waals surface area contributed by atoms with Crippen molar-refractivity contribution in [1.82, 2.24) is 14.8 Å². The molecule has 0 atom stereocenters. The second-order valence-electron chi connectivity index (χ2n) is 8.01. The first-order valence-electron chi connectivity index (χ1n) is 10.3. The summed E-state index contributed by atoms with van der Waals surface area (Å²) < 4.78 is 1.60. The molecule has 0 aliphatic carbocycles. The number of hydrogen-bond acceptors (Lipinski definition) is 3. The van der Waals surface area contributed by atoms with Crippen LogP contribution in [0.25, 0.3) is 16.9 Å². The number of benzene rings is 2. The predicted molar refractivity (Wildman–Crippen MR) is 125 cm³/mol. The Kier molecular flexibility index (Phi) is 5.42. The molecule has 0 unspecified atom stereocenters. The van der Waals surface area contributed by atoms with Crippen LogP contribution in [-0.4, -0.2) is 20.7 Å². The number of aromatic nitrogens is 3. The topological polar surface area (TPSA) is 59.8 Å². The summed E-state index contributed by atoms with van der Waals surface area (Å²) in [5.74, 6) is 0.393. The number of anilines is 1. The molecule has 156 valence electrons. The van der Waals surface area contributed by atoms with Crippen LogP contribution in [-0.2, 0) is 0 Å². The van der Waals surface area contributed by atoms with Crippen molar-refractivity contribution < 1.29 is 4.79 Å². The number of aryl methyl sites for hydroxylation is 5. The minimum absolute atomic E-state index is 0.211. The van der Waals surface area contributed by atoms with Crippen LogP contribution >= 0.6 is 0 Å². The van der Waals surface area contributed by atoms with E-state index in [1.165, 1.54) is 11.1 Å². The van der Waals surface area contributed by atoms with E-state index in [0.29, 0.717) is 11.5 Å². The van der Waals surface area contributed by atoms with Crippen LogP contribution in [0.2, 0.25) is 0 Å². The van der Waals surface area contributed by atoms with Crippen molar-refractivity contribution in [2.75, 3.05) is 5.32 Å². The number of amides is 1. The molecule has 2 heterocycles. The third kappa shape index (κ3) is 4.12. The maximum Gasteiger partial charge on any atom is 0.274 e. The van der Waals surface area contributed by atoms with Crippen LogP contribution < -0.4 is 5.32 Å². The lowest BCUT2D eigenvalue weighted by Crippen LogP contribution is -2.18. The third-order valence-electron chi connectivity index (χ3n) is 5.57. The van der Waals surface area contributed by atoms with Crippen molar-refractivity contribution in [2.45, 2.75) is 34.6 Å². The maximum absolute atomic E-state index is 13.1. The zero-order valence-corrected chi connectivity index (χ0v) is 18.5. The Balaban J connectivity index is 1.65. The van der Waals surface area contributed by atoms with Crippen molar-refractivity contribution in [3.8, 4) is 16.9 Å². The van der Waals surface area contributed by atoms with Crippen molar-refractivity contribution in [2.24, 2.45) is 0 Å². The van der Waals surface area contributed by atoms with E-state index in [-0.39, 0.29) is 5.91 Å². The van der Waals surface area contributed by atoms with Crippen LogP contribution in [0.3, 0.4) is 0 Å². The fourth-order valence-corrected chi connectivity index (χ4v) is 3.68. The first-order chi connectivity index (χ1) is 14.8. The molecule has 2 aromatic heterocycles. The number of hydrogen-bond donors (Lipinski definition) is 1. The summed E-state index contributed by atoms with van der Waals surface area (Å²) in [6, 6.07) is 18.0. The molecule has 4 rings (SSSR count). The Morgan fingerprint density at radius 3 is 2.29 bits per heavy atom. The SMILES string of the molecule is Cc1cc(C(=O)Nc2cc(C)c(C)cc2C)n(-c2ccc(-c3ccccc3C)cn2)n1. The lowest BCUT2D eigenvalue weighted by atomic mass is 10.0. The van der Waals surface area contributed by atoms with E-state index in [0.717, 1.165) is 33.6 Å². The highest BCUT2D eigenvalue weighted by atomic mass is 16.2. The van der Waals surface area contributed by atoms with Crippen molar-refractivity contribution in [3.05, 3.63) is 94.4 Å². The van der Waals surface area contributed by atoms with Crippen LogP contribution in [0.5, 0.6) is 0 Å². The highest BCUT2D eigenvalue weighted by Crippen LogP contribution is 2.24. The minimum Gasteiger partial charge on any atom is -0.320 e. The lowest BCUT2D eigenvalue weighted by molar-refractivity contribution is 0.101. The summed E-state index contributed by atoms with van der Waals surface area (Å²) >= 11 is 0. The van der Waals surface area contributed by atoms with Crippen molar-refractivity contribution in [3.63, 3.8) is 0 Å². The minimum atomic E-state index is -0.211. The Morgan fingerprint density at radius 1 is 0.839 bits per heavy atom. The van der Waals surface area contributed by atoms with E-state index >= 15 is 0 Å². The van der Waals surface area contributed by atoms with Crippen LogP contribution in [0.15, 0.2) is 60.8 Å². The summed E-state index contributed by atoms with van der Waals surface area (Å²) in [4.78, 5) is 17.7. The number of nitrogens with one attached hydrogen (secondary N) is 1. The van der Waals surface area contributed by atoms with E-state index < -0.39 is 0 Å². The molecular weight excluding hydrogens is 384 g/mol. The zero-order valence-electron chi connectivity index (χ0n) is 18.5. The molecule has 5 nitrogen and oxygen atoms in total. The van der Waals surface area contributed by atoms with Gasteiger partial charge >= 0.3 is 0 Å². The van der Waals surface area contributed by atoms with Gasteiger partial charge in [-0.05, 0) is 86.7 Å². The molecule has 0 radical (unpaired) electrons. The average molecular weight is 411 g/mol. The number of pyridine rings is 1. The predicted octanol–water partition coefficient (Wildman–Crippen LogP) is 5.73. The molecule has 0 aliphatic rings. The summed E-state index contributed by atoms with van der Waals surface area (Å²) in [6.07, 6.45) is 1.82. The van der Waals surface area contributed by atoms with E-state index in [4.69, 9.17) is 0 Å². The summed E-state index contributed by atoms with van der Waals surface area (Å²) in [5, 5.41) is 7.55. The Labute approximate surface area is 182 Å². The van der Waals surface area contributed by atoms with E-state index in [1.807, 2.05) is 57.3 Å². The van der Waals surface area contributed by atoms with Gasteiger partial charge in [-0.15, -0.1) is 0 Å². The van der Waals surface area contributed by atoms with Gasteiger partial charge in [-0.1, -0.05) is 30.3 Å². The molecule has 4 aromatic rings. The van der Waals surface area contributed by atoms with Crippen molar-refractivity contribution in [1.29, 1.82) is 0 Å². The molecule has 0 spiro atoms. The second-order valence-corrected chi connectivity index (χ2v) is 8.01. The van der Waals surface area contributed by atoms with Gasteiger partial charge in [-0.2, -0.15) is 5.10 Å². The highest BCUT2D eigenvalue weighted by Gasteiger charge is 2.17. The maximum atomic E-state index is 13.1. The van der Waals surface area contributed by atoms with Gasteiger partial charge < -0.3 is 5.32 Å². The first kappa shape index (κ1) is 20.5. The number of nitrogens with zero attached hydrogens (tertiary/aromatic N) is 3. The fourth-order valence-electron chi connectivity index (χ4n) is 3.68. The van der Waals surface area contributed by atoms with E-state index in [1.54, 1.807) is 10.7 Å². The normalized spacial score (nSPS) is 10.9. The summed E-state index contributed by atoms with van der Waals surface area (Å²) in [7, 11) is 0.